The topological polar surface area (TPSA) is 26.0 Å². The Labute approximate surface area is 69.6 Å². The molecule has 1 aromatic heterocycles. The predicted octanol–water partition coefficient (Wildman–Crippen LogP) is 2.91. The van der Waals surface area contributed by atoms with Gasteiger partial charge in [-0.3, -0.25) is 0 Å². The van der Waals surface area contributed by atoms with E-state index in [2.05, 4.69) is 4.98 Å². The third-order valence-electron chi connectivity index (χ3n) is 1.54. The maximum Gasteiger partial charge on any atom is 0.290 e. The summed E-state index contributed by atoms with van der Waals surface area (Å²) in [6.07, 6.45) is 1.06. The van der Waals surface area contributed by atoms with Crippen molar-refractivity contribution in [2.75, 3.05) is 0 Å². The molecule has 0 aromatic carbocycles. The van der Waals surface area contributed by atoms with Crippen LogP contribution in [0, 0.1) is 0 Å². The first-order valence-corrected chi connectivity index (χ1v) is 3.74. The fourth-order valence-electron chi connectivity index (χ4n) is 0.994. The molecule has 1 heterocycles. The van der Waals surface area contributed by atoms with E-state index < -0.39 is 5.92 Å². The van der Waals surface area contributed by atoms with E-state index in [-0.39, 0.29) is 17.4 Å². The molecule has 1 aromatic rings. The zero-order valence-corrected chi connectivity index (χ0v) is 7.27. The average Bonchev–Trinajstić information content (AvgIpc) is 2.30. The zero-order valence-electron chi connectivity index (χ0n) is 7.27. The lowest BCUT2D eigenvalue weighted by Crippen LogP contribution is -2.10. The molecule has 0 aliphatic carbocycles. The second-order valence-corrected chi connectivity index (χ2v) is 3.11. The lowest BCUT2D eigenvalue weighted by atomic mass is 10.1. The van der Waals surface area contributed by atoms with Crippen molar-refractivity contribution in [2.24, 2.45) is 0 Å². The monoisotopic (exact) mass is 175 g/mol. The molecular weight excluding hydrogens is 164 g/mol. The van der Waals surface area contributed by atoms with E-state index >= 15 is 0 Å². The first-order chi connectivity index (χ1) is 5.43. The Morgan fingerprint density at radius 2 is 2.08 bits per heavy atom. The number of oxazole rings is 1. The van der Waals surface area contributed by atoms with Crippen LogP contribution in [0.1, 0.15) is 38.1 Å². The van der Waals surface area contributed by atoms with Gasteiger partial charge in [0.25, 0.3) is 5.92 Å². The molecule has 0 N–H and O–H groups in total. The van der Waals surface area contributed by atoms with Crippen LogP contribution in [0.5, 0.6) is 0 Å². The van der Waals surface area contributed by atoms with Crippen molar-refractivity contribution in [3.63, 3.8) is 0 Å². The highest BCUT2D eigenvalue weighted by Gasteiger charge is 2.32. The van der Waals surface area contributed by atoms with Crippen LogP contribution < -0.4 is 0 Å². The number of hydrogen-bond acceptors (Lipinski definition) is 2. The molecule has 0 amide bonds. The van der Waals surface area contributed by atoms with E-state index in [4.69, 9.17) is 4.42 Å². The third-order valence-corrected chi connectivity index (χ3v) is 1.54. The summed E-state index contributed by atoms with van der Waals surface area (Å²) in [5.41, 5.74) is -0.252. The largest absolute Gasteiger partial charge is 0.448 e. The van der Waals surface area contributed by atoms with Crippen LogP contribution in [0.15, 0.2) is 10.8 Å². The van der Waals surface area contributed by atoms with Crippen LogP contribution in [-0.4, -0.2) is 4.98 Å². The summed E-state index contributed by atoms with van der Waals surface area (Å²) in [6.45, 7) is 4.39. The predicted molar refractivity (Wildman–Crippen MR) is 40.2 cm³/mol. The van der Waals surface area contributed by atoms with Crippen LogP contribution in [0.3, 0.4) is 0 Å². The Hall–Kier alpha value is -0.930. The first kappa shape index (κ1) is 9.16. The Morgan fingerprint density at radius 1 is 1.50 bits per heavy atom. The summed E-state index contributed by atoms with van der Waals surface area (Å²) < 4.78 is 30.4. The SMILES string of the molecule is CC(C)c1ocnc1C(C)(F)F. The van der Waals surface area contributed by atoms with E-state index in [9.17, 15) is 8.78 Å². The zero-order chi connectivity index (χ0) is 9.35. The van der Waals surface area contributed by atoms with Crippen molar-refractivity contribution in [1.82, 2.24) is 4.98 Å². The van der Waals surface area contributed by atoms with Crippen molar-refractivity contribution >= 4 is 0 Å². The lowest BCUT2D eigenvalue weighted by molar-refractivity contribution is 0.0111. The maximum atomic E-state index is 12.8. The summed E-state index contributed by atoms with van der Waals surface area (Å²) >= 11 is 0. The van der Waals surface area contributed by atoms with Gasteiger partial charge < -0.3 is 4.42 Å². The second-order valence-electron chi connectivity index (χ2n) is 3.11. The van der Waals surface area contributed by atoms with Crippen LogP contribution in [-0.2, 0) is 5.92 Å². The van der Waals surface area contributed by atoms with Crippen molar-refractivity contribution in [1.29, 1.82) is 0 Å². The molecule has 0 spiro atoms. The standard InChI is InChI=1S/C8H11F2NO/c1-5(2)6-7(8(3,9)10)11-4-12-6/h4-5H,1-3H3. The third kappa shape index (κ3) is 1.62. The summed E-state index contributed by atoms with van der Waals surface area (Å²) in [5.74, 6) is -2.71. The van der Waals surface area contributed by atoms with E-state index in [1.54, 1.807) is 13.8 Å². The highest BCUT2D eigenvalue weighted by atomic mass is 19.3. The summed E-state index contributed by atoms with van der Waals surface area (Å²) in [7, 11) is 0. The Morgan fingerprint density at radius 3 is 2.42 bits per heavy atom. The number of aromatic nitrogens is 1. The molecule has 68 valence electrons. The molecule has 0 bridgehead atoms. The van der Waals surface area contributed by atoms with Gasteiger partial charge in [-0.1, -0.05) is 13.8 Å². The second kappa shape index (κ2) is 2.84. The van der Waals surface area contributed by atoms with Gasteiger partial charge in [0.05, 0.1) is 0 Å². The van der Waals surface area contributed by atoms with Crippen LogP contribution in [0.25, 0.3) is 0 Å². The quantitative estimate of drug-likeness (QED) is 0.690. The molecule has 0 radical (unpaired) electrons. The first-order valence-electron chi connectivity index (χ1n) is 3.74. The molecular formula is C8H11F2NO. The van der Waals surface area contributed by atoms with Gasteiger partial charge in [-0.15, -0.1) is 0 Å². The molecule has 0 saturated carbocycles. The fourth-order valence-corrected chi connectivity index (χ4v) is 0.994. The molecule has 0 unspecified atom stereocenters. The van der Waals surface area contributed by atoms with Gasteiger partial charge in [-0.05, 0) is 0 Å². The molecule has 0 aliphatic rings. The molecule has 0 fully saturated rings. The molecule has 0 saturated heterocycles. The van der Waals surface area contributed by atoms with Crippen molar-refractivity contribution in [2.45, 2.75) is 32.6 Å². The van der Waals surface area contributed by atoms with Gasteiger partial charge in [0.1, 0.15) is 5.76 Å². The smallest absolute Gasteiger partial charge is 0.290 e. The molecule has 2 nitrogen and oxygen atoms in total. The Bertz CT molecular complexity index is 262. The lowest BCUT2D eigenvalue weighted by Gasteiger charge is -2.09. The number of halogens is 2. The average molecular weight is 175 g/mol. The van der Waals surface area contributed by atoms with Gasteiger partial charge in [-0.2, -0.15) is 8.78 Å². The molecule has 4 heteroatoms. The summed E-state index contributed by atoms with van der Waals surface area (Å²) in [4.78, 5) is 3.49. The number of alkyl halides is 2. The van der Waals surface area contributed by atoms with E-state index in [1.165, 1.54) is 0 Å². The van der Waals surface area contributed by atoms with Crippen LogP contribution in [0.4, 0.5) is 8.78 Å². The minimum atomic E-state index is -2.91. The molecule has 0 atom stereocenters. The number of rotatable bonds is 2. The van der Waals surface area contributed by atoms with Gasteiger partial charge in [-0.25, -0.2) is 4.98 Å². The van der Waals surface area contributed by atoms with Crippen LogP contribution >= 0.6 is 0 Å². The highest BCUT2D eigenvalue weighted by Crippen LogP contribution is 2.31. The highest BCUT2D eigenvalue weighted by molar-refractivity contribution is 5.15. The van der Waals surface area contributed by atoms with Crippen LogP contribution in [0.2, 0.25) is 0 Å². The van der Waals surface area contributed by atoms with E-state index in [0.29, 0.717) is 0 Å². The van der Waals surface area contributed by atoms with Crippen molar-refractivity contribution < 1.29 is 13.2 Å². The summed E-state index contributed by atoms with van der Waals surface area (Å²) in [6, 6.07) is 0. The van der Waals surface area contributed by atoms with Gasteiger partial charge in [0.2, 0.25) is 0 Å². The minimum Gasteiger partial charge on any atom is -0.448 e. The van der Waals surface area contributed by atoms with Gasteiger partial charge in [0, 0.05) is 12.8 Å². The molecule has 0 aliphatic heterocycles. The maximum absolute atomic E-state index is 12.8. The summed E-state index contributed by atoms with van der Waals surface area (Å²) in [5, 5.41) is 0. The normalized spacial score (nSPS) is 12.5. The minimum absolute atomic E-state index is 0.0617. The van der Waals surface area contributed by atoms with E-state index in [1.807, 2.05) is 0 Å². The van der Waals surface area contributed by atoms with Crippen molar-refractivity contribution in [3.8, 4) is 0 Å². The van der Waals surface area contributed by atoms with Crippen molar-refractivity contribution in [3.05, 3.63) is 17.8 Å². The Balaban J connectivity index is 3.08. The molecule has 1 rings (SSSR count). The molecule has 12 heavy (non-hydrogen) atoms. The number of nitrogens with zero attached hydrogens (tertiary/aromatic N) is 1. The van der Waals surface area contributed by atoms with E-state index in [0.717, 1.165) is 13.3 Å². The Kier molecular flexibility index (Phi) is 2.17. The van der Waals surface area contributed by atoms with Gasteiger partial charge >= 0.3 is 0 Å². The number of hydrogen-bond donors (Lipinski definition) is 0. The fraction of sp³-hybridized carbons (Fsp3) is 0.625. The van der Waals surface area contributed by atoms with Gasteiger partial charge in [0.15, 0.2) is 12.1 Å².